The van der Waals surface area contributed by atoms with Gasteiger partial charge in [-0.15, -0.1) is 0 Å². The number of hydrogen-bond acceptors (Lipinski definition) is 5. The van der Waals surface area contributed by atoms with Crippen molar-refractivity contribution in [2.24, 2.45) is 4.99 Å². The first-order valence-electron chi connectivity index (χ1n) is 7.99. The summed E-state index contributed by atoms with van der Waals surface area (Å²) in [5.41, 5.74) is 2.20. The molecule has 0 N–H and O–H groups in total. The van der Waals surface area contributed by atoms with Crippen LogP contribution in [-0.4, -0.2) is 43.9 Å². The molecular formula is C18H17F3N4O2. The minimum Gasteiger partial charge on any atom is -0.485 e. The van der Waals surface area contributed by atoms with E-state index in [4.69, 9.17) is 4.74 Å². The Morgan fingerprint density at radius 2 is 2.07 bits per heavy atom. The summed E-state index contributed by atoms with van der Waals surface area (Å²) < 4.78 is 38.9. The average Bonchev–Trinajstić information content (AvgIpc) is 2.66. The van der Waals surface area contributed by atoms with Gasteiger partial charge in [0.15, 0.2) is 0 Å². The van der Waals surface area contributed by atoms with Gasteiger partial charge in [-0.05, 0) is 24.3 Å². The van der Waals surface area contributed by atoms with Crippen molar-refractivity contribution < 1.29 is 22.7 Å². The van der Waals surface area contributed by atoms with E-state index in [2.05, 4.69) is 11.6 Å². The molecule has 3 aliphatic rings. The lowest BCUT2D eigenvalue weighted by molar-refractivity contribution is -0.113. The molecule has 0 spiro atoms. The molecule has 3 aliphatic heterocycles. The third-order valence-corrected chi connectivity index (χ3v) is 4.13. The number of aliphatic imine (C=N–C) groups is 1. The second kappa shape index (κ2) is 7.56. The zero-order valence-electron chi connectivity index (χ0n) is 14.5. The highest BCUT2D eigenvalue weighted by Crippen LogP contribution is 2.38. The van der Waals surface area contributed by atoms with Crippen LogP contribution in [0.5, 0.6) is 5.75 Å². The topological polar surface area (TPSA) is 48.4 Å². The molecule has 4 rings (SSSR count). The molecule has 1 aromatic carbocycles. The van der Waals surface area contributed by atoms with Crippen molar-refractivity contribution in [3.63, 3.8) is 0 Å². The number of halogens is 3. The number of fused-ring (bicyclic) bond motifs is 2. The number of carbonyl (C=O) groups is 1. The molecule has 0 aromatic heterocycles. The second-order valence-corrected chi connectivity index (χ2v) is 5.70. The molecule has 6 nitrogen and oxygen atoms in total. The summed E-state index contributed by atoms with van der Waals surface area (Å²) in [5, 5.41) is 0. The van der Waals surface area contributed by atoms with Crippen LogP contribution in [0.2, 0.25) is 0 Å². The van der Waals surface area contributed by atoms with Crippen LogP contribution in [0.3, 0.4) is 0 Å². The first-order chi connectivity index (χ1) is 13.0. The average molecular weight is 378 g/mol. The SMILES string of the molecule is C=C1COc2ccc(N3C(=O)C=C(F)N4C=CCN=C43)cc2N1C.FCF. The van der Waals surface area contributed by atoms with Crippen LogP contribution in [0.1, 0.15) is 0 Å². The minimum absolute atomic E-state index is 0.251. The van der Waals surface area contributed by atoms with Crippen LogP contribution in [0.4, 0.5) is 24.5 Å². The quantitative estimate of drug-likeness (QED) is 0.704. The van der Waals surface area contributed by atoms with E-state index in [0.29, 0.717) is 24.6 Å². The summed E-state index contributed by atoms with van der Waals surface area (Å²) in [5.74, 6) is -0.156. The number of likely N-dealkylation sites (N-methyl/N-ethyl adjacent to an activating group) is 1. The molecule has 142 valence electrons. The Balaban J connectivity index is 0.000000659. The highest BCUT2D eigenvalue weighted by atomic mass is 19.3. The summed E-state index contributed by atoms with van der Waals surface area (Å²) >= 11 is 0. The van der Waals surface area contributed by atoms with Crippen molar-refractivity contribution >= 4 is 23.2 Å². The van der Waals surface area contributed by atoms with Crippen molar-refractivity contribution in [3.05, 3.63) is 54.8 Å². The van der Waals surface area contributed by atoms with Crippen molar-refractivity contribution in [2.45, 2.75) is 0 Å². The molecular weight excluding hydrogens is 361 g/mol. The number of benzene rings is 1. The largest absolute Gasteiger partial charge is 0.485 e. The molecule has 1 amide bonds. The molecule has 9 heteroatoms. The van der Waals surface area contributed by atoms with E-state index in [1.807, 2.05) is 18.0 Å². The first kappa shape index (κ1) is 18.6. The summed E-state index contributed by atoms with van der Waals surface area (Å²) in [4.78, 5) is 21.2. The number of guanidine groups is 1. The van der Waals surface area contributed by atoms with Crippen LogP contribution < -0.4 is 14.5 Å². The maximum absolute atomic E-state index is 14.0. The molecule has 1 aromatic rings. The lowest BCUT2D eigenvalue weighted by atomic mass is 10.2. The van der Waals surface area contributed by atoms with Gasteiger partial charge < -0.3 is 9.64 Å². The fourth-order valence-corrected chi connectivity index (χ4v) is 2.81. The van der Waals surface area contributed by atoms with Crippen LogP contribution in [0, 0.1) is 0 Å². The van der Waals surface area contributed by atoms with Gasteiger partial charge in [-0.2, -0.15) is 4.39 Å². The monoisotopic (exact) mass is 378 g/mol. The van der Waals surface area contributed by atoms with Crippen LogP contribution in [0.25, 0.3) is 0 Å². The van der Waals surface area contributed by atoms with Crippen molar-refractivity contribution in [3.8, 4) is 5.75 Å². The number of anilines is 2. The Morgan fingerprint density at radius 3 is 2.81 bits per heavy atom. The van der Waals surface area contributed by atoms with E-state index >= 15 is 0 Å². The van der Waals surface area contributed by atoms with Gasteiger partial charge in [0.2, 0.25) is 18.8 Å². The number of nitrogens with zero attached hydrogens (tertiary/aromatic N) is 4. The molecule has 0 aliphatic carbocycles. The Bertz CT molecular complexity index is 866. The molecule has 27 heavy (non-hydrogen) atoms. The van der Waals surface area contributed by atoms with Crippen molar-refractivity contribution in [1.82, 2.24) is 4.90 Å². The normalized spacial score (nSPS) is 18.0. The number of amides is 1. The third-order valence-electron chi connectivity index (χ3n) is 4.13. The van der Waals surface area contributed by atoms with Gasteiger partial charge in [-0.3, -0.25) is 9.69 Å². The van der Waals surface area contributed by atoms with Crippen LogP contribution >= 0.6 is 0 Å². The van der Waals surface area contributed by atoms with E-state index in [1.54, 1.807) is 24.4 Å². The van der Waals surface area contributed by atoms with Crippen LogP contribution in [-0.2, 0) is 4.79 Å². The summed E-state index contributed by atoms with van der Waals surface area (Å²) in [6.45, 7) is 3.01. The number of rotatable bonds is 1. The van der Waals surface area contributed by atoms with Gasteiger partial charge >= 0.3 is 0 Å². The first-order valence-corrected chi connectivity index (χ1v) is 7.99. The van der Waals surface area contributed by atoms with Gasteiger partial charge in [-0.1, -0.05) is 6.58 Å². The number of alkyl halides is 2. The fourth-order valence-electron chi connectivity index (χ4n) is 2.81. The maximum Gasteiger partial charge on any atom is 0.262 e. The molecule has 0 radical (unpaired) electrons. The number of hydrogen-bond donors (Lipinski definition) is 0. The van der Waals surface area contributed by atoms with Gasteiger partial charge in [0.25, 0.3) is 5.91 Å². The van der Waals surface area contributed by atoms with Gasteiger partial charge in [0.1, 0.15) is 12.4 Å². The molecule has 0 fully saturated rings. The van der Waals surface area contributed by atoms with E-state index < -0.39 is 18.8 Å². The lowest BCUT2D eigenvalue weighted by Gasteiger charge is -2.35. The Hall–Kier alpha value is -3.23. The third kappa shape index (κ3) is 3.40. The molecule has 0 atom stereocenters. The number of carbonyl (C=O) groups excluding carboxylic acids is 1. The van der Waals surface area contributed by atoms with Gasteiger partial charge in [-0.25, -0.2) is 18.7 Å². The van der Waals surface area contributed by atoms with Gasteiger partial charge in [0, 0.05) is 18.9 Å². The Kier molecular flexibility index (Phi) is 5.20. The Labute approximate surface area is 154 Å². The minimum atomic E-state index is -1.75. The van der Waals surface area contributed by atoms with Gasteiger partial charge in [0.05, 0.1) is 24.0 Å². The molecule has 0 saturated heterocycles. The molecule has 0 bridgehead atoms. The standard InChI is InChI=1S/C17H15FN4O2.CH2F2/c1-11-10-24-14-5-4-12(8-13(14)20(11)2)22-16(23)9-15(18)21-7-3-6-19-17(21)22;2-1-3/h3-5,7-9H,1,6,10H2,2H3;1H2. The highest BCUT2D eigenvalue weighted by Gasteiger charge is 2.33. The summed E-state index contributed by atoms with van der Waals surface area (Å²) in [6, 6.07) is 5.36. The van der Waals surface area contributed by atoms with Crippen molar-refractivity contribution in [2.75, 3.05) is 36.9 Å². The molecule has 0 saturated carbocycles. The highest BCUT2D eigenvalue weighted by molar-refractivity contribution is 6.22. The fraction of sp³-hybridized carbons (Fsp3) is 0.222. The Morgan fingerprint density at radius 1 is 1.33 bits per heavy atom. The molecule has 3 heterocycles. The lowest BCUT2D eigenvalue weighted by Crippen LogP contribution is -2.49. The summed E-state index contributed by atoms with van der Waals surface area (Å²) in [7, 11) is 1.89. The van der Waals surface area contributed by atoms with Crippen molar-refractivity contribution in [1.29, 1.82) is 0 Å². The van der Waals surface area contributed by atoms with E-state index in [-0.39, 0.29) is 5.96 Å². The second-order valence-electron chi connectivity index (χ2n) is 5.70. The van der Waals surface area contributed by atoms with E-state index in [0.717, 1.165) is 17.5 Å². The molecule has 0 unspecified atom stereocenters. The zero-order valence-corrected chi connectivity index (χ0v) is 14.5. The van der Waals surface area contributed by atoms with E-state index in [9.17, 15) is 18.0 Å². The zero-order chi connectivity index (χ0) is 19.6. The number of ether oxygens (including phenoxy) is 1. The maximum atomic E-state index is 14.0. The predicted molar refractivity (Wildman–Crippen MR) is 96.5 cm³/mol. The predicted octanol–water partition coefficient (Wildman–Crippen LogP) is 3.25. The smallest absolute Gasteiger partial charge is 0.262 e. The van der Waals surface area contributed by atoms with Crippen LogP contribution in [0.15, 0.2) is 59.8 Å². The van der Waals surface area contributed by atoms with E-state index in [1.165, 1.54) is 9.80 Å². The summed E-state index contributed by atoms with van der Waals surface area (Å²) in [6.07, 6.45) is 4.25.